The van der Waals surface area contributed by atoms with Crippen LogP contribution >= 0.6 is 0 Å². The van der Waals surface area contributed by atoms with Crippen LogP contribution in [0.3, 0.4) is 0 Å². The minimum Gasteiger partial charge on any atom is -0.345 e. The lowest BCUT2D eigenvalue weighted by Gasteiger charge is -2.17. The molecule has 0 unspecified atom stereocenters. The number of hydrogen-bond donors (Lipinski definition) is 1. The number of likely N-dealkylation sites (tertiary alicyclic amines) is 1. The van der Waals surface area contributed by atoms with Crippen molar-refractivity contribution in [2.75, 3.05) is 13.1 Å². The molecule has 1 saturated heterocycles. The van der Waals surface area contributed by atoms with Gasteiger partial charge in [-0.05, 0) is 18.3 Å². The van der Waals surface area contributed by atoms with Crippen LogP contribution in [0.4, 0.5) is 13.2 Å². The van der Waals surface area contributed by atoms with Crippen LogP contribution in [0.5, 0.6) is 0 Å². The predicted molar refractivity (Wildman–Crippen MR) is 63.5 cm³/mol. The molecule has 0 aromatic carbocycles. The minimum atomic E-state index is -4.52. The number of fused-ring (bicyclic) bond motifs is 5. The molecule has 114 valence electrons. The van der Waals surface area contributed by atoms with Crippen LogP contribution < -0.4 is 5.32 Å². The lowest BCUT2D eigenvalue weighted by Crippen LogP contribution is -2.44. The van der Waals surface area contributed by atoms with Crippen molar-refractivity contribution in [2.45, 2.75) is 12.6 Å². The van der Waals surface area contributed by atoms with E-state index >= 15 is 0 Å². The molecule has 0 radical (unpaired) electrons. The molecule has 2 fully saturated rings. The fourth-order valence-electron chi connectivity index (χ4n) is 3.52. The van der Waals surface area contributed by atoms with Crippen molar-refractivity contribution in [3.63, 3.8) is 0 Å². The zero-order chi connectivity index (χ0) is 15.4. The second-order valence-corrected chi connectivity index (χ2v) is 5.65. The van der Waals surface area contributed by atoms with Crippen molar-refractivity contribution >= 4 is 17.7 Å². The minimum absolute atomic E-state index is 0.0136. The van der Waals surface area contributed by atoms with Crippen LogP contribution in [0.2, 0.25) is 0 Å². The van der Waals surface area contributed by atoms with E-state index in [1.807, 2.05) is 12.2 Å². The molecule has 0 aromatic heterocycles. The molecule has 2 bridgehead atoms. The number of amides is 3. The van der Waals surface area contributed by atoms with Crippen molar-refractivity contribution in [2.24, 2.45) is 23.7 Å². The first-order valence-electron chi connectivity index (χ1n) is 6.65. The van der Waals surface area contributed by atoms with Gasteiger partial charge in [0.05, 0.1) is 11.8 Å². The van der Waals surface area contributed by atoms with Gasteiger partial charge in [-0.15, -0.1) is 0 Å². The molecule has 1 saturated carbocycles. The summed E-state index contributed by atoms with van der Waals surface area (Å²) < 4.78 is 36.0. The SMILES string of the molecule is O=C(CN1C(=O)[C@@H]2[C@@H](C1=O)[C@H]1C=C[C@H]2C1)NCC(F)(F)F. The molecule has 1 N–H and O–H groups in total. The molecule has 1 aliphatic heterocycles. The Bertz CT molecular complexity index is 513. The van der Waals surface area contributed by atoms with E-state index in [0.29, 0.717) is 0 Å². The Morgan fingerprint density at radius 2 is 1.71 bits per heavy atom. The molecule has 0 aromatic rings. The van der Waals surface area contributed by atoms with Crippen LogP contribution in [0, 0.1) is 23.7 Å². The van der Waals surface area contributed by atoms with Crippen molar-refractivity contribution in [1.82, 2.24) is 10.2 Å². The third-order valence-electron chi connectivity index (χ3n) is 4.35. The monoisotopic (exact) mass is 302 g/mol. The van der Waals surface area contributed by atoms with Gasteiger partial charge in [-0.25, -0.2) is 0 Å². The van der Waals surface area contributed by atoms with E-state index in [1.165, 1.54) is 0 Å². The van der Waals surface area contributed by atoms with Gasteiger partial charge in [-0.2, -0.15) is 13.2 Å². The van der Waals surface area contributed by atoms with E-state index in [2.05, 4.69) is 0 Å². The van der Waals surface area contributed by atoms with Crippen LogP contribution in [-0.4, -0.2) is 41.9 Å². The summed E-state index contributed by atoms with van der Waals surface area (Å²) in [4.78, 5) is 36.6. The van der Waals surface area contributed by atoms with Crippen molar-refractivity contribution < 1.29 is 27.6 Å². The van der Waals surface area contributed by atoms with E-state index in [4.69, 9.17) is 0 Å². The third kappa shape index (κ3) is 2.32. The first-order chi connectivity index (χ1) is 9.78. The summed E-state index contributed by atoms with van der Waals surface area (Å²) in [5, 5.41) is 1.67. The maximum Gasteiger partial charge on any atom is 0.405 e. The zero-order valence-electron chi connectivity index (χ0n) is 10.9. The van der Waals surface area contributed by atoms with Gasteiger partial charge in [0.1, 0.15) is 13.1 Å². The van der Waals surface area contributed by atoms with Gasteiger partial charge in [0.15, 0.2) is 0 Å². The summed E-state index contributed by atoms with van der Waals surface area (Å²) in [5.74, 6) is -2.72. The van der Waals surface area contributed by atoms with Gasteiger partial charge < -0.3 is 5.32 Å². The Kier molecular flexibility index (Phi) is 3.07. The first kappa shape index (κ1) is 14.1. The summed E-state index contributed by atoms with van der Waals surface area (Å²) in [6.07, 6.45) is 0.0591. The number of allylic oxidation sites excluding steroid dienone is 2. The van der Waals surface area contributed by atoms with E-state index in [-0.39, 0.29) is 11.8 Å². The van der Waals surface area contributed by atoms with Gasteiger partial charge in [0, 0.05) is 0 Å². The molecule has 3 amide bonds. The molecule has 2 aliphatic carbocycles. The number of halogens is 3. The fourth-order valence-corrected chi connectivity index (χ4v) is 3.52. The van der Waals surface area contributed by atoms with Gasteiger partial charge in [0.2, 0.25) is 17.7 Å². The van der Waals surface area contributed by atoms with Crippen LogP contribution in [-0.2, 0) is 14.4 Å². The maximum absolute atomic E-state index is 12.2. The van der Waals surface area contributed by atoms with E-state index in [9.17, 15) is 27.6 Å². The third-order valence-corrected chi connectivity index (χ3v) is 4.35. The molecule has 1 heterocycles. The lowest BCUT2D eigenvalue weighted by molar-refractivity contribution is -0.146. The zero-order valence-corrected chi connectivity index (χ0v) is 10.9. The Labute approximate surface area is 118 Å². The highest BCUT2D eigenvalue weighted by atomic mass is 19.4. The second kappa shape index (κ2) is 4.57. The smallest absolute Gasteiger partial charge is 0.345 e. The Morgan fingerprint density at radius 1 is 1.19 bits per heavy atom. The molecule has 4 atom stereocenters. The number of carbonyl (C=O) groups is 3. The summed E-state index contributed by atoms with van der Waals surface area (Å²) in [6, 6.07) is 0. The molecule has 8 heteroatoms. The van der Waals surface area contributed by atoms with Crippen LogP contribution in [0.25, 0.3) is 0 Å². The molecular weight excluding hydrogens is 289 g/mol. The van der Waals surface area contributed by atoms with E-state index in [1.54, 1.807) is 5.32 Å². The van der Waals surface area contributed by atoms with E-state index < -0.39 is 48.8 Å². The highest BCUT2D eigenvalue weighted by Crippen LogP contribution is 2.52. The van der Waals surface area contributed by atoms with Gasteiger partial charge in [-0.1, -0.05) is 12.2 Å². The first-order valence-corrected chi connectivity index (χ1v) is 6.65. The molecular formula is C13H13F3N2O3. The predicted octanol–water partition coefficient (Wildman–Crippen LogP) is 0.472. The number of carbonyl (C=O) groups excluding carboxylic acids is 3. The molecule has 3 rings (SSSR count). The molecule has 21 heavy (non-hydrogen) atoms. The average Bonchev–Trinajstić information content (AvgIpc) is 3.05. The van der Waals surface area contributed by atoms with Crippen LogP contribution in [0.15, 0.2) is 12.2 Å². The van der Waals surface area contributed by atoms with Crippen LogP contribution in [0.1, 0.15) is 6.42 Å². The van der Waals surface area contributed by atoms with Crippen molar-refractivity contribution in [1.29, 1.82) is 0 Å². The second-order valence-electron chi connectivity index (χ2n) is 5.65. The largest absolute Gasteiger partial charge is 0.405 e. The summed E-state index contributed by atoms with van der Waals surface area (Å²) >= 11 is 0. The standard InChI is InChI=1S/C13H13F3N2O3/c14-13(15,16)5-17-8(19)4-18-11(20)9-6-1-2-7(3-6)10(9)12(18)21/h1-2,6-7,9-10H,3-5H2,(H,17,19)/t6-,7-,9-,10-/m0/s1. The van der Waals surface area contributed by atoms with Gasteiger partial charge >= 0.3 is 6.18 Å². The summed E-state index contributed by atoms with van der Waals surface area (Å²) in [6.45, 7) is -2.11. The average molecular weight is 302 g/mol. The number of rotatable bonds is 3. The maximum atomic E-state index is 12.2. The number of hydrogen-bond acceptors (Lipinski definition) is 3. The summed E-state index contributed by atoms with van der Waals surface area (Å²) in [5.41, 5.74) is 0. The Hall–Kier alpha value is -1.86. The molecule has 0 spiro atoms. The number of nitrogens with one attached hydrogen (secondary N) is 1. The Balaban J connectivity index is 1.64. The topological polar surface area (TPSA) is 66.5 Å². The molecule has 5 nitrogen and oxygen atoms in total. The quantitative estimate of drug-likeness (QED) is 0.609. The highest BCUT2D eigenvalue weighted by Gasteiger charge is 2.59. The number of alkyl halides is 3. The lowest BCUT2D eigenvalue weighted by atomic mass is 9.85. The van der Waals surface area contributed by atoms with E-state index in [0.717, 1.165) is 11.3 Å². The number of imide groups is 1. The summed E-state index contributed by atoms with van der Waals surface area (Å²) in [7, 11) is 0. The van der Waals surface area contributed by atoms with Crippen molar-refractivity contribution in [3.05, 3.63) is 12.2 Å². The Morgan fingerprint density at radius 3 is 2.19 bits per heavy atom. The van der Waals surface area contributed by atoms with Crippen molar-refractivity contribution in [3.8, 4) is 0 Å². The fraction of sp³-hybridized carbons (Fsp3) is 0.615. The van der Waals surface area contributed by atoms with Gasteiger partial charge in [-0.3, -0.25) is 19.3 Å². The highest BCUT2D eigenvalue weighted by molar-refractivity contribution is 6.08. The number of nitrogens with zero attached hydrogens (tertiary/aromatic N) is 1. The normalized spacial score (nSPS) is 33.8. The van der Waals surface area contributed by atoms with Gasteiger partial charge in [0.25, 0.3) is 0 Å². The molecule has 3 aliphatic rings.